The number of nitrogens with zero attached hydrogens (tertiary/aromatic N) is 3. The predicted molar refractivity (Wildman–Crippen MR) is 114 cm³/mol. The number of carbonyl (C=O) groups excluding carboxylic acids is 1. The molecule has 2 unspecified atom stereocenters. The highest BCUT2D eigenvalue weighted by Gasteiger charge is 2.27. The van der Waals surface area contributed by atoms with Gasteiger partial charge in [0.25, 0.3) is 5.56 Å². The lowest BCUT2D eigenvalue weighted by atomic mass is 10.1. The number of fused-ring (bicyclic) bond motifs is 1. The molecule has 2 heterocycles. The average molecular weight is 390 g/mol. The summed E-state index contributed by atoms with van der Waals surface area (Å²) in [4.78, 5) is 27.6. The van der Waals surface area contributed by atoms with E-state index in [1.807, 2.05) is 31.2 Å². The quantitative estimate of drug-likeness (QED) is 0.727. The third-order valence-electron chi connectivity index (χ3n) is 5.76. The lowest BCUT2D eigenvalue weighted by Crippen LogP contribution is -2.41. The summed E-state index contributed by atoms with van der Waals surface area (Å²) in [6.07, 6.45) is 0.905. The number of hydrogen-bond donors (Lipinski definition) is 1. The molecule has 1 amide bonds. The van der Waals surface area contributed by atoms with Gasteiger partial charge in [-0.05, 0) is 31.9 Å². The van der Waals surface area contributed by atoms with Gasteiger partial charge in [0.15, 0.2) is 0 Å². The first kappa shape index (κ1) is 19.3. The van der Waals surface area contributed by atoms with E-state index in [0.717, 1.165) is 30.6 Å². The van der Waals surface area contributed by atoms with Gasteiger partial charge in [0.2, 0.25) is 5.91 Å². The molecule has 3 aromatic rings. The fraction of sp³-hybridized carbons (Fsp3) is 0.348. The predicted octanol–water partition coefficient (Wildman–Crippen LogP) is 2.66. The zero-order valence-electron chi connectivity index (χ0n) is 16.8. The van der Waals surface area contributed by atoms with E-state index < -0.39 is 0 Å². The van der Waals surface area contributed by atoms with E-state index >= 15 is 0 Å². The summed E-state index contributed by atoms with van der Waals surface area (Å²) in [6, 6.07) is 18.2. The van der Waals surface area contributed by atoms with Crippen LogP contribution in [0.4, 0.5) is 0 Å². The Morgan fingerprint density at radius 3 is 2.59 bits per heavy atom. The Hall–Kier alpha value is -2.99. The molecule has 0 saturated carbocycles. The van der Waals surface area contributed by atoms with Crippen LogP contribution in [0.25, 0.3) is 10.8 Å². The van der Waals surface area contributed by atoms with Crippen molar-refractivity contribution >= 4 is 16.7 Å². The monoisotopic (exact) mass is 390 g/mol. The Morgan fingerprint density at radius 2 is 1.83 bits per heavy atom. The zero-order chi connectivity index (χ0) is 20.4. The third-order valence-corrected chi connectivity index (χ3v) is 5.76. The van der Waals surface area contributed by atoms with E-state index in [1.54, 1.807) is 6.07 Å². The van der Waals surface area contributed by atoms with Gasteiger partial charge in [0.05, 0.1) is 11.1 Å². The number of likely N-dealkylation sites (tertiary alicyclic amines) is 1. The summed E-state index contributed by atoms with van der Waals surface area (Å²) in [5.74, 6) is -0.173. The maximum atomic E-state index is 12.7. The summed E-state index contributed by atoms with van der Waals surface area (Å²) in [5, 5.41) is 8.83. The minimum atomic E-state index is -0.230. The van der Waals surface area contributed by atoms with Crippen molar-refractivity contribution in [2.24, 2.45) is 0 Å². The molecule has 1 aliphatic heterocycles. The minimum Gasteiger partial charge on any atom is -0.350 e. The van der Waals surface area contributed by atoms with Crippen molar-refractivity contribution in [2.45, 2.75) is 38.9 Å². The van der Waals surface area contributed by atoms with Crippen LogP contribution < -0.4 is 10.9 Å². The Balaban J connectivity index is 1.40. The first-order chi connectivity index (χ1) is 14.0. The fourth-order valence-electron chi connectivity index (χ4n) is 4.12. The van der Waals surface area contributed by atoms with Crippen molar-refractivity contribution in [1.29, 1.82) is 0 Å². The Morgan fingerprint density at radius 1 is 1.14 bits per heavy atom. The SMILES string of the molecule is Cc1nn(CC(=O)NC2CCN(C(C)c3ccccc3)C2)c(=O)c2ccccc12. The molecule has 1 aliphatic rings. The summed E-state index contributed by atoms with van der Waals surface area (Å²) in [6.45, 7) is 5.74. The van der Waals surface area contributed by atoms with Crippen LogP contribution in [0.1, 0.15) is 30.6 Å². The van der Waals surface area contributed by atoms with Gasteiger partial charge in [0, 0.05) is 30.6 Å². The van der Waals surface area contributed by atoms with E-state index in [2.05, 4.69) is 46.5 Å². The van der Waals surface area contributed by atoms with E-state index in [-0.39, 0.29) is 24.1 Å². The molecule has 0 spiro atoms. The molecule has 29 heavy (non-hydrogen) atoms. The van der Waals surface area contributed by atoms with Gasteiger partial charge in [-0.2, -0.15) is 5.10 Å². The standard InChI is InChI=1S/C23H26N4O2/c1-16-20-10-6-7-11-21(20)23(29)27(25-16)15-22(28)24-19-12-13-26(14-19)17(2)18-8-4-3-5-9-18/h3-11,17,19H,12-15H2,1-2H3,(H,24,28). The molecule has 4 rings (SSSR count). The molecule has 0 aliphatic carbocycles. The Kier molecular flexibility index (Phi) is 5.45. The average Bonchev–Trinajstić information content (AvgIpc) is 3.20. The number of carbonyl (C=O) groups is 1. The highest BCUT2D eigenvalue weighted by atomic mass is 16.2. The maximum Gasteiger partial charge on any atom is 0.275 e. The summed E-state index contributed by atoms with van der Waals surface area (Å²) in [5.41, 5.74) is 1.80. The van der Waals surface area contributed by atoms with Crippen LogP contribution >= 0.6 is 0 Å². The second-order valence-electron chi connectivity index (χ2n) is 7.73. The van der Waals surface area contributed by atoms with Gasteiger partial charge in [-0.15, -0.1) is 0 Å². The number of amides is 1. The smallest absolute Gasteiger partial charge is 0.275 e. The lowest BCUT2D eigenvalue weighted by Gasteiger charge is -2.24. The Labute approximate surface area is 170 Å². The van der Waals surface area contributed by atoms with Crippen LogP contribution in [0.15, 0.2) is 59.4 Å². The van der Waals surface area contributed by atoms with Crippen LogP contribution in [0, 0.1) is 6.92 Å². The first-order valence-corrected chi connectivity index (χ1v) is 10.1. The van der Waals surface area contributed by atoms with Crippen molar-refractivity contribution < 1.29 is 4.79 Å². The highest BCUT2D eigenvalue weighted by Crippen LogP contribution is 2.24. The summed E-state index contributed by atoms with van der Waals surface area (Å²) >= 11 is 0. The molecule has 1 N–H and O–H groups in total. The normalized spacial score (nSPS) is 18.1. The molecular weight excluding hydrogens is 364 g/mol. The number of rotatable bonds is 5. The molecule has 0 radical (unpaired) electrons. The number of aromatic nitrogens is 2. The first-order valence-electron chi connectivity index (χ1n) is 10.1. The van der Waals surface area contributed by atoms with Crippen LogP contribution in [-0.2, 0) is 11.3 Å². The molecule has 6 heteroatoms. The molecule has 2 atom stereocenters. The van der Waals surface area contributed by atoms with Crippen LogP contribution in [-0.4, -0.2) is 39.7 Å². The van der Waals surface area contributed by atoms with E-state index in [0.29, 0.717) is 11.4 Å². The van der Waals surface area contributed by atoms with Crippen LogP contribution in [0.3, 0.4) is 0 Å². The van der Waals surface area contributed by atoms with E-state index in [9.17, 15) is 9.59 Å². The molecule has 150 valence electrons. The zero-order valence-corrected chi connectivity index (χ0v) is 16.8. The van der Waals surface area contributed by atoms with Gasteiger partial charge < -0.3 is 5.32 Å². The van der Waals surface area contributed by atoms with Gasteiger partial charge in [-0.3, -0.25) is 14.5 Å². The second kappa shape index (κ2) is 8.17. The largest absolute Gasteiger partial charge is 0.350 e. The van der Waals surface area contributed by atoms with Crippen LogP contribution in [0.2, 0.25) is 0 Å². The van der Waals surface area contributed by atoms with Gasteiger partial charge >= 0.3 is 0 Å². The Bertz CT molecular complexity index is 1080. The number of benzene rings is 2. The second-order valence-corrected chi connectivity index (χ2v) is 7.73. The highest BCUT2D eigenvalue weighted by molar-refractivity contribution is 5.83. The summed E-state index contributed by atoms with van der Waals surface area (Å²) < 4.78 is 1.27. The van der Waals surface area contributed by atoms with Crippen molar-refractivity contribution in [3.05, 3.63) is 76.2 Å². The maximum absolute atomic E-state index is 12.7. The number of nitrogens with one attached hydrogen (secondary N) is 1. The van der Waals surface area contributed by atoms with E-state index in [1.165, 1.54) is 10.2 Å². The van der Waals surface area contributed by atoms with Crippen molar-refractivity contribution in [3.8, 4) is 0 Å². The third kappa shape index (κ3) is 4.07. The molecule has 6 nitrogen and oxygen atoms in total. The number of aryl methyl sites for hydroxylation is 1. The topological polar surface area (TPSA) is 67.2 Å². The lowest BCUT2D eigenvalue weighted by molar-refractivity contribution is -0.122. The molecule has 1 aromatic heterocycles. The molecule has 0 bridgehead atoms. The fourth-order valence-corrected chi connectivity index (χ4v) is 4.12. The van der Waals surface area contributed by atoms with E-state index in [4.69, 9.17) is 0 Å². The molecule has 1 saturated heterocycles. The molecule has 1 fully saturated rings. The molecule has 2 aromatic carbocycles. The summed E-state index contributed by atoms with van der Waals surface area (Å²) in [7, 11) is 0. The van der Waals surface area contributed by atoms with Crippen molar-refractivity contribution in [2.75, 3.05) is 13.1 Å². The van der Waals surface area contributed by atoms with Crippen molar-refractivity contribution in [1.82, 2.24) is 20.0 Å². The number of hydrogen-bond acceptors (Lipinski definition) is 4. The van der Waals surface area contributed by atoms with Gasteiger partial charge in [-0.1, -0.05) is 48.5 Å². The minimum absolute atomic E-state index is 0.0603. The van der Waals surface area contributed by atoms with Crippen LogP contribution in [0.5, 0.6) is 0 Å². The van der Waals surface area contributed by atoms with Gasteiger partial charge in [-0.25, -0.2) is 4.68 Å². The van der Waals surface area contributed by atoms with Gasteiger partial charge in [0.1, 0.15) is 6.54 Å². The van der Waals surface area contributed by atoms with Crippen molar-refractivity contribution in [3.63, 3.8) is 0 Å². The molecular formula is C23H26N4O2.